The Labute approximate surface area is 192 Å². The molecule has 31 heavy (non-hydrogen) atoms. The first-order valence-corrected chi connectivity index (χ1v) is 11.2. The zero-order valence-corrected chi connectivity index (χ0v) is 18.9. The van der Waals surface area contributed by atoms with E-state index in [4.69, 9.17) is 27.9 Å². The second kappa shape index (κ2) is 11.3. The first-order chi connectivity index (χ1) is 15.0. The molecule has 1 N–H and O–H groups in total. The summed E-state index contributed by atoms with van der Waals surface area (Å²) in [5, 5.41) is 4.00. The highest BCUT2D eigenvalue weighted by Gasteiger charge is 2.33. The van der Waals surface area contributed by atoms with Gasteiger partial charge in [0.15, 0.2) is 6.61 Å². The molecule has 1 amide bonds. The molecule has 1 aliphatic heterocycles. The van der Waals surface area contributed by atoms with Gasteiger partial charge in [-0.25, -0.2) is 14.8 Å². The molecule has 0 unspecified atom stereocenters. The van der Waals surface area contributed by atoms with E-state index in [1.807, 2.05) is 11.0 Å². The molecule has 166 valence electrons. The quantitative estimate of drug-likeness (QED) is 0.564. The number of halogens is 2. The van der Waals surface area contributed by atoms with Gasteiger partial charge in [-0.15, -0.1) is 0 Å². The average molecular weight is 465 g/mol. The van der Waals surface area contributed by atoms with Crippen LogP contribution in [0.1, 0.15) is 44.1 Å². The monoisotopic (exact) mass is 464 g/mol. The number of nitrogens with one attached hydrogen (secondary N) is 1. The van der Waals surface area contributed by atoms with Crippen molar-refractivity contribution in [3.8, 4) is 0 Å². The van der Waals surface area contributed by atoms with Gasteiger partial charge in [-0.3, -0.25) is 4.79 Å². The lowest BCUT2D eigenvalue weighted by Gasteiger charge is -2.23. The van der Waals surface area contributed by atoms with E-state index in [9.17, 15) is 9.59 Å². The van der Waals surface area contributed by atoms with Crippen LogP contribution < -0.4 is 10.2 Å². The van der Waals surface area contributed by atoms with Crippen LogP contribution in [-0.2, 0) is 14.3 Å². The van der Waals surface area contributed by atoms with Crippen molar-refractivity contribution >= 4 is 41.0 Å². The zero-order valence-electron chi connectivity index (χ0n) is 17.4. The van der Waals surface area contributed by atoms with Crippen molar-refractivity contribution in [1.29, 1.82) is 0 Å². The molecule has 0 aliphatic carbocycles. The van der Waals surface area contributed by atoms with Crippen molar-refractivity contribution in [2.75, 3.05) is 24.6 Å². The van der Waals surface area contributed by atoms with Gasteiger partial charge >= 0.3 is 5.97 Å². The third-order valence-electron chi connectivity index (χ3n) is 5.26. The lowest BCUT2D eigenvalue weighted by atomic mass is 9.94. The Hall–Kier alpha value is -2.38. The summed E-state index contributed by atoms with van der Waals surface area (Å²) in [5.74, 6) is -0.241. The van der Waals surface area contributed by atoms with Crippen LogP contribution in [0.25, 0.3) is 0 Å². The first-order valence-electron chi connectivity index (χ1n) is 10.4. The number of ether oxygens (including phenoxy) is 1. The minimum atomic E-state index is -0.476. The molecule has 0 bridgehead atoms. The number of benzene rings is 1. The fraction of sp³-hybridized carbons (Fsp3) is 0.455. The fourth-order valence-corrected chi connectivity index (χ4v) is 4.32. The number of carbonyl (C=O) groups excluding carboxylic acids is 2. The van der Waals surface area contributed by atoms with Crippen LogP contribution in [0.4, 0.5) is 5.95 Å². The van der Waals surface area contributed by atoms with E-state index < -0.39 is 12.0 Å². The predicted molar refractivity (Wildman–Crippen MR) is 120 cm³/mol. The normalized spacial score (nSPS) is 16.7. The molecule has 0 radical (unpaired) electrons. The van der Waals surface area contributed by atoms with Crippen LogP contribution in [-0.4, -0.2) is 47.6 Å². The maximum absolute atomic E-state index is 12.5. The van der Waals surface area contributed by atoms with Crippen LogP contribution in [0, 0.1) is 0 Å². The van der Waals surface area contributed by atoms with Gasteiger partial charge in [-0.1, -0.05) is 42.6 Å². The van der Waals surface area contributed by atoms with Crippen molar-refractivity contribution in [1.82, 2.24) is 15.3 Å². The summed E-state index contributed by atoms with van der Waals surface area (Å²) < 4.78 is 5.29. The van der Waals surface area contributed by atoms with Gasteiger partial charge in [0.2, 0.25) is 5.95 Å². The summed E-state index contributed by atoms with van der Waals surface area (Å²) in [5.41, 5.74) is 0.940. The molecule has 2 aromatic rings. The molecule has 1 aliphatic rings. The number of esters is 1. The van der Waals surface area contributed by atoms with E-state index in [1.165, 1.54) is 0 Å². The molecule has 1 aromatic carbocycles. The minimum Gasteiger partial charge on any atom is -0.454 e. The average Bonchev–Trinajstić information content (AvgIpc) is 3.26. The lowest BCUT2D eigenvalue weighted by molar-refractivity contribution is -0.149. The summed E-state index contributed by atoms with van der Waals surface area (Å²) in [4.78, 5) is 35.1. The second-order valence-electron chi connectivity index (χ2n) is 7.46. The molecule has 9 heteroatoms. The third-order valence-corrected chi connectivity index (χ3v) is 5.83. The number of aromatic nitrogens is 2. The second-order valence-corrected chi connectivity index (χ2v) is 8.31. The highest BCUT2D eigenvalue weighted by molar-refractivity contribution is 6.35. The number of anilines is 1. The molecular weight excluding hydrogens is 439 g/mol. The molecule has 7 nitrogen and oxygen atoms in total. The molecule has 0 spiro atoms. The molecular formula is C22H26Cl2N4O3. The molecule has 1 fully saturated rings. The highest BCUT2D eigenvalue weighted by Crippen LogP contribution is 2.30. The van der Waals surface area contributed by atoms with Crippen molar-refractivity contribution in [2.45, 2.75) is 44.6 Å². The molecule has 0 saturated carbocycles. The summed E-state index contributed by atoms with van der Waals surface area (Å²) in [6, 6.07) is 6.63. The Balaban J connectivity index is 1.51. The van der Waals surface area contributed by atoms with Gasteiger partial charge in [0.25, 0.3) is 5.91 Å². The Bertz CT molecular complexity index is 898. The number of rotatable bonds is 9. The van der Waals surface area contributed by atoms with Gasteiger partial charge in [0.05, 0.1) is 0 Å². The van der Waals surface area contributed by atoms with Gasteiger partial charge in [0.1, 0.15) is 6.04 Å². The molecule has 1 saturated heterocycles. The highest BCUT2D eigenvalue weighted by atomic mass is 35.5. The Morgan fingerprint density at radius 2 is 2.06 bits per heavy atom. The predicted octanol–water partition coefficient (Wildman–Crippen LogP) is 4.00. The lowest BCUT2D eigenvalue weighted by Crippen LogP contribution is -2.40. The van der Waals surface area contributed by atoms with Crippen molar-refractivity contribution in [3.63, 3.8) is 0 Å². The van der Waals surface area contributed by atoms with Crippen LogP contribution in [0.15, 0.2) is 36.7 Å². The number of nitrogens with zero attached hydrogens (tertiary/aromatic N) is 3. The molecule has 3 rings (SSSR count). The van der Waals surface area contributed by atoms with Crippen molar-refractivity contribution in [3.05, 3.63) is 52.3 Å². The smallest absolute Gasteiger partial charge is 0.329 e. The van der Waals surface area contributed by atoms with E-state index in [0.717, 1.165) is 24.8 Å². The number of hydrogen-bond acceptors (Lipinski definition) is 6. The van der Waals surface area contributed by atoms with Gasteiger partial charge < -0.3 is 15.0 Å². The van der Waals surface area contributed by atoms with E-state index in [1.54, 1.807) is 30.6 Å². The molecule has 2 heterocycles. The fourth-order valence-electron chi connectivity index (χ4n) is 3.76. The third kappa shape index (κ3) is 6.31. The Morgan fingerprint density at radius 1 is 1.29 bits per heavy atom. The van der Waals surface area contributed by atoms with Crippen LogP contribution in [0.5, 0.6) is 0 Å². The zero-order chi connectivity index (χ0) is 22.2. The van der Waals surface area contributed by atoms with E-state index in [0.29, 0.717) is 35.5 Å². The van der Waals surface area contributed by atoms with E-state index in [-0.39, 0.29) is 18.4 Å². The number of amides is 1. The maximum Gasteiger partial charge on any atom is 0.329 e. The SMILES string of the molecule is CCC[C@H](CNC(=O)COC(=O)[C@@H]1CCCN1c1ncccn1)c1ccc(Cl)cc1Cl. The number of hydrogen-bond donors (Lipinski definition) is 1. The van der Waals surface area contributed by atoms with E-state index >= 15 is 0 Å². The van der Waals surface area contributed by atoms with Crippen molar-refractivity contribution < 1.29 is 14.3 Å². The topological polar surface area (TPSA) is 84.4 Å². The summed E-state index contributed by atoms with van der Waals surface area (Å²) >= 11 is 12.3. The number of carbonyl (C=O) groups is 2. The minimum absolute atomic E-state index is 0.0509. The van der Waals surface area contributed by atoms with Gasteiger partial charge in [-0.2, -0.15) is 0 Å². The largest absolute Gasteiger partial charge is 0.454 e. The van der Waals surface area contributed by atoms with Gasteiger partial charge in [0, 0.05) is 41.4 Å². The van der Waals surface area contributed by atoms with E-state index in [2.05, 4.69) is 22.2 Å². The Morgan fingerprint density at radius 3 is 2.77 bits per heavy atom. The first kappa shape index (κ1) is 23.3. The standard InChI is InChI=1S/C22H26Cl2N4O3/c1-2-5-15(17-8-7-16(23)12-18(17)24)13-27-20(29)14-31-21(30)19-6-3-11-28(19)22-25-9-4-10-26-22/h4,7-10,12,15,19H,2-3,5-6,11,13-14H2,1H3,(H,27,29)/t15-,19+/m1/s1. The van der Waals surface area contributed by atoms with Crippen molar-refractivity contribution in [2.24, 2.45) is 0 Å². The van der Waals surface area contributed by atoms with Crippen LogP contribution in [0.2, 0.25) is 10.0 Å². The van der Waals surface area contributed by atoms with Crippen LogP contribution >= 0.6 is 23.2 Å². The Kier molecular flexibility index (Phi) is 8.49. The maximum atomic E-state index is 12.5. The van der Waals surface area contributed by atoms with Gasteiger partial charge in [-0.05, 0) is 43.0 Å². The van der Waals surface area contributed by atoms with Crippen LogP contribution in [0.3, 0.4) is 0 Å². The summed E-state index contributed by atoms with van der Waals surface area (Å²) in [6.07, 6.45) is 6.55. The summed E-state index contributed by atoms with van der Waals surface area (Å²) in [7, 11) is 0. The molecule has 1 aromatic heterocycles. The molecule has 2 atom stereocenters. The summed E-state index contributed by atoms with van der Waals surface area (Å²) in [6.45, 7) is 2.83.